The number of esters is 1. The Kier molecular flexibility index (Phi) is 50.8. The van der Waals surface area contributed by atoms with Gasteiger partial charge in [-0.1, -0.05) is 279 Å². The van der Waals surface area contributed by atoms with Crippen LogP contribution in [0.4, 0.5) is 0 Å². The van der Waals surface area contributed by atoms with Crippen LogP contribution in [0.15, 0.2) is 85.1 Å². The largest absolute Gasteiger partial charge is 0.454 e. The highest BCUT2D eigenvalue weighted by Crippen LogP contribution is 2.26. The van der Waals surface area contributed by atoms with E-state index in [4.69, 9.17) is 14.2 Å². The number of nitrogens with one attached hydrogen (secondary N) is 1. The maximum absolute atomic E-state index is 13.4. The van der Waals surface area contributed by atoms with E-state index in [2.05, 4.69) is 86.8 Å². The molecule has 11 nitrogen and oxygen atoms in total. The molecule has 1 heterocycles. The molecule has 6 N–H and O–H groups in total. The number of ether oxygens (including phenoxy) is 3. The minimum atomic E-state index is -1.65. The first-order valence-electron chi connectivity index (χ1n) is 31.9. The predicted molar refractivity (Wildman–Crippen MR) is 324 cm³/mol. The lowest BCUT2D eigenvalue weighted by molar-refractivity contribution is -0.305. The van der Waals surface area contributed by atoms with Crippen LogP contribution in [0.2, 0.25) is 0 Å². The highest BCUT2D eigenvalue weighted by molar-refractivity contribution is 5.80. The summed E-state index contributed by atoms with van der Waals surface area (Å²) in [6, 6.07) is -1.04. The normalized spacial score (nSPS) is 19.5. The van der Waals surface area contributed by atoms with Crippen molar-refractivity contribution in [2.75, 3.05) is 13.2 Å². The molecule has 8 atom stereocenters. The molecule has 0 bridgehead atoms. The van der Waals surface area contributed by atoms with E-state index in [9.17, 15) is 35.1 Å². The smallest absolute Gasteiger partial charge is 0.306 e. The van der Waals surface area contributed by atoms with E-state index in [1.807, 2.05) is 18.2 Å². The van der Waals surface area contributed by atoms with Gasteiger partial charge >= 0.3 is 5.97 Å². The molecule has 0 aromatic heterocycles. The van der Waals surface area contributed by atoms with Crippen LogP contribution in [-0.4, -0.2) is 99.6 Å². The van der Waals surface area contributed by atoms with Crippen LogP contribution >= 0.6 is 0 Å². The van der Waals surface area contributed by atoms with Gasteiger partial charge in [-0.3, -0.25) is 9.59 Å². The van der Waals surface area contributed by atoms with Crippen LogP contribution in [0, 0.1) is 0 Å². The lowest BCUT2D eigenvalue weighted by Crippen LogP contribution is -2.61. The number of unbranched alkanes of at least 4 members (excludes halogenated alkanes) is 27. The standard InChI is InChI=1S/C67H117NO10/c1-4-7-10-13-16-19-22-25-27-29-31-33-35-37-40-43-46-49-52-55-62(72)78-65-64(74)63(73)61(56-69)77-67(65)76-57-58(59(70)53-50-47-44-41-38-24-21-18-15-12-9-6-3)68-66(75)60(71)54-51-48-45-42-39-36-34-32-30-28-26-23-20-17-14-11-8-5-2/h7,10,16,19,25,27,31,33,37,40,46,49-50,53,58-61,63-65,67,69-71,73-74H,4-6,8-9,11-15,17-18,20-24,26,28-30,32,34-36,38-39,41-45,47-48,51-52,54-57H2,1-3H3,(H,68,75)/b10-7-,19-16-,27-25-,33-31-,40-37-,49-46-,53-50+. The fourth-order valence-electron chi connectivity index (χ4n) is 9.56. The maximum atomic E-state index is 13.4. The van der Waals surface area contributed by atoms with Crippen molar-refractivity contribution in [1.82, 2.24) is 5.32 Å². The number of aliphatic hydroxyl groups is 5. The Morgan fingerprint density at radius 3 is 1.36 bits per heavy atom. The molecule has 0 radical (unpaired) electrons. The second-order valence-corrected chi connectivity index (χ2v) is 21.8. The van der Waals surface area contributed by atoms with Gasteiger partial charge in [-0.2, -0.15) is 0 Å². The zero-order valence-electron chi connectivity index (χ0n) is 49.8. The predicted octanol–water partition coefficient (Wildman–Crippen LogP) is 15.3. The van der Waals surface area contributed by atoms with Gasteiger partial charge in [0.1, 0.15) is 24.4 Å². The van der Waals surface area contributed by atoms with Gasteiger partial charge < -0.3 is 45.1 Å². The molecule has 0 saturated carbocycles. The third-order valence-corrected chi connectivity index (χ3v) is 14.6. The molecule has 450 valence electrons. The Bertz CT molecular complexity index is 1590. The van der Waals surface area contributed by atoms with Gasteiger partial charge in [0.15, 0.2) is 12.4 Å². The molecule has 0 aromatic rings. The molecule has 0 aromatic carbocycles. The number of amides is 1. The van der Waals surface area contributed by atoms with Crippen LogP contribution < -0.4 is 5.32 Å². The summed E-state index contributed by atoms with van der Waals surface area (Å²) >= 11 is 0. The maximum Gasteiger partial charge on any atom is 0.306 e. The molecule has 8 unspecified atom stereocenters. The van der Waals surface area contributed by atoms with Gasteiger partial charge in [-0.15, -0.1) is 0 Å². The lowest BCUT2D eigenvalue weighted by atomic mass is 9.99. The van der Waals surface area contributed by atoms with Crippen LogP contribution in [0.3, 0.4) is 0 Å². The monoisotopic (exact) mass is 1100 g/mol. The molecular weight excluding hydrogens is 979 g/mol. The minimum absolute atomic E-state index is 0.00374. The fourth-order valence-corrected chi connectivity index (χ4v) is 9.56. The second-order valence-electron chi connectivity index (χ2n) is 21.8. The molecule has 78 heavy (non-hydrogen) atoms. The van der Waals surface area contributed by atoms with Crippen LogP contribution in [0.5, 0.6) is 0 Å². The van der Waals surface area contributed by atoms with Crippen molar-refractivity contribution in [3.05, 3.63) is 85.1 Å². The number of carbonyl (C=O) groups excluding carboxylic acids is 2. The zero-order chi connectivity index (χ0) is 56.8. The third-order valence-electron chi connectivity index (χ3n) is 14.6. The number of carbonyl (C=O) groups is 2. The number of hydrogen-bond acceptors (Lipinski definition) is 10. The van der Waals surface area contributed by atoms with Crippen molar-refractivity contribution >= 4 is 11.9 Å². The highest BCUT2D eigenvalue weighted by atomic mass is 16.7. The van der Waals surface area contributed by atoms with E-state index >= 15 is 0 Å². The quantitative estimate of drug-likeness (QED) is 0.0195. The van der Waals surface area contributed by atoms with E-state index in [-0.39, 0.29) is 19.4 Å². The minimum Gasteiger partial charge on any atom is -0.454 e. The van der Waals surface area contributed by atoms with Crippen molar-refractivity contribution in [2.45, 2.75) is 314 Å². The van der Waals surface area contributed by atoms with Crippen molar-refractivity contribution in [2.24, 2.45) is 0 Å². The van der Waals surface area contributed by atoms with Gasteiger partial charge in [0.2, 0.25) is 5.91 Å². The van der Waals surface area contributed by atoms with Crippen molar-refractivity contribution in [3.8, 4) is 0 Å². The molecule has 1 rings (SSSR count). The average molecular weight is 1100 g/mol. The average Bonchev–Trinajstić information content (AvgIpc) is 3.45. The highest BCUT2D eigenvalue weighted by Gasteiger charge is 2.47. The van der Waals surface area contributed by atoms with Gasteiger partial charge in [-0.25, -0.2) is 0 Å². The van der Waals surface area contributed by atoms with Crippen molar-refractivity contribution < 1.29 is 49.3 Å². The summed E-state index contributed by atoms with van der Waals surface area (Å²) < 4.78 is 17.5. The van der Waals surface area contributed by atoms with Crippen molar-refractivity contribution in [1.29, 1.82) is 0 Å². The van der Waals surface area contributed by atoms with E-state index in [1.165, 1.54) is 141 Å². The summed E-state index contributed by atoms with van der Waals surface area (Å²) in [7, 11) is 0. The molecule has 0 aliphatic carbocycles. The number of allylic oxidation sites excluding steroid dienone is 13. The lowest BCUT2D eigenvalue weighted by Gasteiger charge is -2.41. The van der Waals surface area contributed by atoms with Gasteiger partial charge in [0.25, 0.3) is 0 Å². The van der Waals surface area contributed by atoms with Gasteiger partial charge in [-0.05, 0) is 64.2 Å². The van der Waals surface area contributed by atoms with Crippen LogP contribution in [0.25, 0.3) is 0 Å². The summed E-state index contributed by atoms with van der Waals surface area (Å²) in [6.45, 7) is 5.65. The van der Waals surface area contributed by atoms with Gasteiger partial charge in [0.05, 0.1) is 25.4 Å². The Morgan fingerprint density at radius 1 is 0.513 bits per heavy atom. The molecule has 1 saturated heterocycles. The summed E-state index contributed by atoms with van der Waals surface area (Å²) in [6.07, 6.45) is 60.6. The van der Waals surface area contributed by atoms with Gasteiger partial charge in [0, 0.05) is 6.42 Å². The first kappa shape index (κ1) is 72.9. The summed E-state index contributed by atoms with van der Waals surface area (Å²) in [4.78, 5) is 26.5. The SMILES string of the molecule is CC/C=C\C/C=C\C/C=C\C/C=C\C/C=C\C/C=C\CCC(=O)OC1C(OCC(NC(=O)C(O)CCCCCCCCCCCCCCCCCCCC)C(O)/C=C/CCCCCCCCCCCC)OC(CO)C(O)C1O. The Balaban J connectivity index is 2.71. The molecule has 11 heteroatoms. The third kappa shape index (κ3) is 41.8. The summed E-state index contributed by atoms with van der Waals surface area (Å²) in [5, 5.41) is 57.0. The molecule has 1 fully saturated rings. The molecule has 1 aliphatic heterocycles. The van der Waals surface area contributed by atoms with Crippen LogP contribution in [-0.2, 0) is 23.8 Å². The number of aliphatic hydroxyl groups excluding tert-OH is 5. The topological polar surface area (TPSA) is 175 Å². The molecular formula is C67H117NO10. The van der Waals surface area contributed by atoms with E-state index in [0.29, 0.717) is 19.3 Å². The summed E-state index contributed by atoms with van der Waals surface area (Å²) in [5.41, 5.74) is 0. The first-order valence-corrected chi connectivity index (χ1v) is 31.9. The number of rotatable bonds is 53. The van der Waals surface area contributed by atoms with E-state index in [0.717, 1.165) is 70.6 Å². The second kappa shape index (κ2) is 54.4. The Morgan fingerprint density at radius 2 is 0.923 bits per heavy atom. The van der Waals surface area contributed by atoms with Crippen molar-refractivity contribution in [3.63, 3.8) is 0 Å². The Labute approximate surface area is 476 Å². The zero-order valence-corrected chi connectivity index (χ0v) is 49.8. The molecule has 1 amide bonds. The first-order chi connectivity index (χ1) is 38.2. The fraction of sp³-hybridized carbons (Fsp3) is 0.761. The van der Waals surface area contributed by atoms with Crippen LogP contribution in [0.1, 0.15) is 265 Å². The van der Waals surface area contributed by atoms with E-state index in [1.54, 1.807) is 6.08 Å². The summed E-state index contributed by atoms with van der Waals surface area (Å²) in [5.74, 6) is -1.28. The Hall–Kier alpha value is -3.16. The number of hydrogen-bond donors (Lipinski definition) is 6. The molecule has 0 spiro atoms. The van der Waals surface area contributed by atoms with E-state index < -0.39 is 67.4 Å². The molecule has 1 aliphatic rings.